The second-order valence-corrected chi connectivity index (χ2v) is 6.05. The molecule has 0 unspecified atom stereocenters. The fourth-order valence-electron chi connectivity index (χ4n) is 3.42. The molecule has 1 saturated carbocycles. The molecule has 2 heteroatoms. The standard InChI is InChI=1S/C14H27NO/c1-3-14(4-2)10-15(11-14)9-12-5-7-13(16)8-6-12/h12-13,16H,3-11H2,1-2H3. The molecule has 16 heavy (non-hydrogen) atoms. The molecule has 0 spiro atoms. The van der Waals surface area contributed by atoms with E-state index in [2.05, 4.69) is 18.7 Å². The van der Waals surface area contributed by atoms with Crippen LogP contribution in [-0.2, 0) is 0 Å². The minimum absolute atomic E-state index is 0.00184. The van der Waals surface area contributed by atoms with Crippen molar-refractivity contribution in [3.8, 4) is 0 Å². The van der Waals surface area contributed by atoms with E-state index in [0.29, 0.717) is 5.41 Å². The summed E-state index contributed by atoms with van der Waals surface area (Å²) < 4.78 is 0. The first-order chi connectivity index (χ1) is 7.67. The van der Waals surface area contributed by atoms with Gasteiger partial charge in [-0.05, 0) is 49.9 Å². The van der Waals surface area contributed by atoms with Crippen LogP contribution in [0.1, 0.15) is 52.4 Å². The van der Waals surface area contributed by atoms with Crippen LogP contribution in [0.25, 0.3) is 0 Å². The minimum Gasteiger partial charge on any atom is -0.393 e. The van der Waals surface area contributed by atoms with Crippen LogP contribution in [0, 0.1) is 11.3 Å². The van der Waals surface area contributed by atoms with E-state index >= 15 is 0 Å². The van der Waals surface area contributed by atoms with E-state index in [1.807, 2.05) is 0 Å². The molecule has 2 nitrogen and oxygen atoms in total. The van der Waals surface area contributed by atoms with Gasteiger partial charge in [-0.1, -0.05) is 13.8 Å². The second-order valence-electron chi connectivity index (χ2n) is 6.05. The highest BCUT2D eigenvalue weighted by atomic mass is 16.3. The molecule has 2 rings (SSSR count). The first-order valence-corrected chi connectivity index (χ1v) is 7.08. The van der Waals surface area contributed by atoms with E-state index in [4.69, 9.17) is 0 Å². The van der Waals surface area contributed by atoms with E-state index in [9.17, 15) is 5.11 Å². The average molecular weight is 225 g/mol. The highest BCUT2D eigenvalue weighted by Gasteiger charge is 2.40. The van der Waals surface area contributed by atoms with Gasteiger partial charge >= 0.3 is 0 Å². The molecule has 0 amide bonds. The molecule has 0 bridgehead atoms. The zero-order valence-corrected chi connectivity index (χ0v) is 10.9. The van der Waals surface area contributed by atoms with E-state index in [1.165, 1.54) is 45.3 Å². The van der Waals surface area contributed by atoms with Gasteiger partial charge in [0.05, 0.1) is 6.10 Å². The first kappa shape index (κ1) is 12.4. The van der Waals surface area contributed by atoms with Crippen molar-refractivity contribution in [1.82, 2.24) is 4.90 Å². The summed E-state index contributed by atoms with van der Waals surface area (Å²) >= 11 is 0. The molecule has 1 aliphatic carbocycles. The molecule has 2 aliphatic rings. The molecular formula is C14H27NO. The average Bonchev–Trinajstić information content (AvgIpc) is 2.26. The number of hydrogen-bond acceptors (Lipinski definition) is 2. The third-order valence-corrected chi connectivity index (χ3v) is 4.95. The Kier molecular flexibility index (Phi) is 3.91. The van der Waals surface area contributed by atoms with Crippen LogP contribution in [-0.4, -0.2) is 35.7 Å². The van der Waals surface area contributed by atoms with E-state index in [0.717, 1.165) is 18.8 Å². The van der Waals surface area contributed by atoms with Crippen molar-refractivity contribution in [2.75, 3.05) is 19.6 Å². The maximum Gasteiger partial charge on any atom is 0.0540 e. The molecule has 94 valence electrons. The molecule has 2 fully saturated rings. The van der Waals surface area contributed by atoms with Gasteiger partial charge in [0.2, 0.25) is 0 Å². The predicted octanol–water partition coefficient (Wildman–Crippen LogP) is 2.66. The van der Waals surface area contributed by atoms with Crippen LogP contribution in [0.3, 0.4) is 0 Å². The van der Waals surface area contributed by atoms with Gasteiger partial charge in [-0.15, -0.1) is 0 Å². The summed E-state index contributed by atoms with van der Waals surface area (Å²) in [6, 6.07) is 0. The van der Waals surface area contributed by atoms with E-state index in [-0.39, 0.29) is 6.10 Å². The minimum atomic E-state index is -0.00184. The van der Waals surface area contributed by atoms with Crippen molar-refractivity contribution < 1.29 is 5.11 Å². The monoisotopic (exact) mass is 225 g/mol. The lowest BCUT2D eigenvalue weighted by atomic mass is 9.74. The van der Waals surface area contributed by atoms with Crippen molar-refractivity contribution in [2.45, 2.75) is 58.5 Å². The molecule has 1 heterocycles. The van der Waals surface area contributed by atoms with E-state index in [1.54, 1.807) is 0 Å². The molecule has 1 saturated heterocycles. The molecule has 0 atom stereocenters. The van der Waals surface area contributed by atoms with Gasteiger partial charge in [0.25, 0.3) is 0 Å². The lowest BCUT2D eigenvalue weighted by Gasteiger charge is -2.51. The number of aliphatic hydroxyl groups is 1. The molecule has 1 N–H and O–H groups in total. The predicted molar refractivity (Wildman–Crippen MR) is 67.4 cm³/mol. The maximum atomic E-state index is 9.48. The van der Waals surface area contributed by atoms with Gasteiger partial charge in [0.15, 0.2) is 0 Å². The van der Waals surface area contributed by atoms with Gasteiger partial charge in [-0.3, -0.25) is 0 Å². The number of nitrogens with zero attached hydrogens (tertiary/aromatic N) is 1. The van der Waals surface area contributed by atoms with Gasteiger partial charge in [0.1, 0.15) is 0 Å². The molecule has 1 aliphatic heterocycles. The number of aliphatic hydroxyl groups excluding tert-OH is 1. The highest BCUT2D eigenvalue weighted by molar-refractivity contribution is 4.93. The van der Waals surface area contributed by atoms with Crippen molar-refractivity contribution in [1.29, 1.82) is 0 Å². The van der Waals surface area contributed by atoms with E-state index < -0.39 is 0 Å². The molecule has 0 aromatic heterocycles. The van der Waals surface area contributed by atoms with Crippen molar-refractivity contribution in [3.05, 3.63) is 0 Å². The SMILES string of the molecule is CCC1(CC)CN(CC2CCC(O)CC2)C1. The second kappa shape index (κ2) is 5.05. The lowest BCUT2D eigenvalue weighted by Crippen LogP contribution is -2.56. The number of rotatable bonds is 4. The Morgan fingerprint density at radius 2 is 1.62 bits per heavy atom. The summed E-state index contributed by atoms with van der Waals surface area (Å²) in [6.07, 6.45) is 7.22. The molecule has 0 radical (unpaired) electrons. The summed E-state index contributed by atoms with van der Waals surface area (Å²) in [6.45, 7) is 8.59. The zero-order valence-electron chi connectivity index (χ0n) is 10.9. The van der Waals surface area contributed by atoms with Gasteiger partial charge in [0, 0.05) is 19.6 Å². The Labute approximate surface area is 100 Å². The Morgan fingerprint density at radius 3 is 2.12 bits per heavy atom. The number of likely N-dealkylation sites (tertiary alicyclic amines) is 1. The molecule has 0 aromatic rings. The van der Waals surface area contributed by atoms with Crippen LogP contribution in [0.15, 0.2) is 0 Å². The summed E-state index contributed by atoms with van der Waals surface area (Å²) in [4.78, 5) is 2.63. The van der Waals surface area contributed by atoms with Crippen LogP contribution >= 0.6 is 0 Å². The summed E-state index contributed by atoms with van der Waals surface area (Å²) in [5.74, 6) is 0.857. The molecular weight excluding hydrogens is 198 g/mol. The third kappa shape index (κ3) is 2.60. The van der Waals surface area contributed by atoms with Crippen molar-refractivity contribution in [2.24, 2.45) is 11.3 Å². The van der Waals surface area contributed by atoms with Crippen LogP contribution in [0.5, 0.6) is 0 Å². The third-order valence-electron chi connectivity index (χ3n) is 4.95. The Balaban J connectivity index is 1.69. The van der Waals surface area contributed by atoms with Crippen molar-refractivity contribution >= 4 is 0 Å². The van der Waals surface area contributed by atoms with Gasteiger partial charge < -0.3 is 10.0 Å². The number of hydrogen-bond donors (Lipinski definition) is 1. The first-order valence-electron chi connectivity index (χ1n) is 7.08. The lowest BCUT2D eigenvalue weighted by molar-refractivity contribution is -0.0238. The topological polar surface area (TPSA) is 23.5 Å². The summed E-state index contributed by atoms with van der Waals surface area (Å²) in [7, 11) is 0. The highest BCUT2D eigenvalue weighted by Crippen LogP contribution is 2.38. The Bertz CT molecular complexity index is 209. The smallest absolute Gasteiger partial charge is 0.0540 e. The molecule has 0 aromatic carbocycles. The maximum absolute atomic E-state index is 9.48. The zero-order chi connectivity index (χ0) is 11.6. The van der Waals surface area contributed by atoms with Gasteiger partial charge in [-0.2, -0.15) is 0 Å². The van der Waals surface area contributed by atoms with Gasteiger partial charge in [-0.25, -0.2) is 0 Å². The van der Waals surface area contributed by atoms with Crippen molar-refractivity contribution in [3.63, 3.8) is 0 Å². The normalized spacial score (nSPS) is 34.7. The van der Waals surface area contributed by atoms with Crippen LogP contribution in [0.2, 0.25) is 0 Å². The van der Waals surface area contributed by atoms with Crippen LogP contribution in [0.4, 0.5) is 0 Å². The fraction of sp³-hybridized carbons (Fsp3) is 1.00. The Hall–Kier alpha value is -0.0800. The fourth-order valence-corrected chi connectivity index (χ4v) is 3.42. The summed E-state index contributed by atoms with van der Waals surface area (Å²) in [5.41, 5.74) is 0.647. The summed E-state index contributed by atoms with van der Waals surface area (Å²) in [5, 5.41) is 9.48. The largest absolute Gasteiger partial charge is 0.393 e. The Morgan fingerprint density at radius 1 is 1.06 bits per heavy atom. The quantitative estimate of drug-likeness (QED) is 0.795. The van der Waals surface area contributed by atoms with Crippen LogP contribution < -0.4 is 0 Å².